The van der Waals surface area contributed by atoms with E-state index in [4.69, 9.17) is 5.73 Å². The molecular formula is C10H14N4S2. The summed E-state index contributed by atoms with van der Waals surface area (Å²) < 4.78 is 3.26. The fourth-order valence-corrected chi connectivity index (χ4v) is 3.44. The van der Waals surface area contributed by atoms with Crippen LogP contribution in [0.1, 0.15) is 11.5 Å². The predicted molar refractivity (Wildman–Crippen MR) is 68.9 cm³/mol. The number of aryl methyl sites for hydroxylation is 3. The number of aromatic nitrogens is 3. The Labute approximate surface area is 103 Å². The second-order valence-corrected chi connectivity index (χ2v) is 5.87. The second-order valence-electron chi connectivity index (χ2n) is 3.48. The molecule has 6 heteroatoms. The summed E-state index contributed by atoms with van der Waals surface area (Å²) in [6.45, 7) is 2.00. The van der Waals surface area contributed by atoms with Crippen LogP contribution in [0.15, 0.2) is 16.6 Å². The van der Waals surface area contributed by atoms with Crippen molar-refractivity contribution in [1.29, 1.82) is 0 Å². The van der Waals surface area contributed by atoms with Crippen LogP contribution in [0.2, 0.25) is 0 Å². The third kappa shape index (κ3) is 2.56. The van der Waals surface area contributed by atoms with Crippen LogP contribution in [-0.4, -0.2) is 20.3 Å². The third-order valence-corrected chi connectivity index (χ3v) is 4.60. The smallest absolute Gasteiger partial charge is 0.181 e. The molecule has 0 aliphatic rings. The van der Waals surface area contributed by atoms with Gasteiger partial charge in [-0.05, 0) is 6.92 Å². The average molecular weight is 254 g/mol. The summed E-state index contributed by atoms with van der Waals surface area (Å²) in [5.74, 6) is 2.12. The van der Waals surface area contributed by atoms with Gasteiger partial charge in [0.05, 0.1) is 9.90 Å². The maximum Gasteiger partial charge on any atom is 0.181 e. The minimum atomic E-state index is 0.650. The van der Waals surface area contributed by atoms with Crippen molar-refractivity contribution in [3.8, 4) is 0 Å². The highest BCUT2D eigenvalue weighted by molar-refractivity contribution is 8.01. The Balaban J connectivity index is 1.89. The molecular weight excluding hydrogens is 240 g/mol. The van der Waals surface area contributed by atoms with Crippen molar-refractivity contribution in [2.75, 3.05) is 11.5 Å². The van der Waals surface area contributed by atoms with E-state index in [0.29, 0.717) is 5.13 Å². The Morgan fingerprint density at radius 3 is 2.94 bits per heavy atom. The summed E-state index contributed by atoms with van der Waals surface area (Å²) in [6, 6.07) is 0. The van der Waals surface area contributed by atoms with E-state index in [-0.39, 0.29) is 0 Å². The molecule has 0 saturated carbocycles. The van der Waals surface area contributed by atoms with Gasteiger partial charge in [0, 0.05) is 31.6 Å². The van der Waals surface area contributed by atoms with Crippen molar-refractivity contribution in [2.45, 2.75) is 17.6 Å². The van der Waals surface area contributed by atoms with Crippen LogP contribution < -0.4 is 5.73 Å². The van der Waals surface area contributed by atoms with E-state index in [2.05, 4.69) is 14.5 Å². The maximum atomic E-state index is 5.65. The number of hydrogen-bond donors (Lipinski definition) is 1. The number of hydrogen-bond acceptors (Lipinski definition) is 5. The minimum Gasteiger partial charge on any atom is -0.375 e. The van der Waals surface area contributed by atoms with Gasteiger partial charge in [-0.3, -0.25) is 0 Å². The summed E-state index contributed by atoms with van der Waals surface area (Å²) in [7, 11) is 2.02. The van der Waals surface area contributed by atoms with Crippen LogP contribution >= 0.6 is 23.1 Å². The molecule has 16 heavy (non-hydrogen) atoms. The number of nitrogen functional groups attached to an aromatic ring is 1. The van der Waals surface area contributed by atoms with Gasteiger partial charge in [0.1, 0.15) is 5.82 Å². The van der Waals surface area contributed by atoms with Crippen molar-refractivity contribution in [2.24, 2.45) is 7.05 Å². The SMILES string of the molecule is Cc1nc(N)sc1SCCc1nccn1C. The van der Waals surface area contributed by atoms with Gasteiger partial charge in [-0.1, -0.05) is 11.3 Å². The quantitative estimate of drug-likeness (QED) is 0.849. The Bertz CT molecular complexity index is 475. The standard InChI is InChI=1S/C10H14N4S2/c1-7-9(16-10(11)13-7)15-6-3-8-12-4-5-14(8)2/h4-5H,3,6H2,1-2H3,(H2,11,13). The fraction of sp³-hybridized carbons (Fsp3) is 0.400. The lowest BCUT2D eigenvalue weighted by Crippen LogP contribution is -1.98. The lowest BCUT2D eigenvalue weighted by Gasteiger charge is -2.00. The Morgan fingerprint density at radius 1 is 1.56 bits per heavy atom. The number of nitrogens with zero attached hydrogens (tertiary/aromatic N) is 3. The molecule has 2 rings (SSSR count). The van der Waals surface area contributed by atoms with E-state index in [1.165, 1.54) is 4.21 Å². The zero-order valence-electron chi connectivity index (χ0n) is 9.30. The summed E-state index contributed by atoms with van der Waals surface area (Å²) in [6.07, 6.45) is 4.76. The van der Waals surface area contributed by atoms with Gasteiger partial charge in [-0.15, -0.1) is 11.8 Å². The molecule has 2 aromatic heterocycles. The van der Waals surface area contributed by atoms with Crippen LogP contribution in [-0.2, 0) is 13.5 Å². The topological polar surface area (TPSA) is 56.7 Å². The number of nitrogens with two attached hydrogens (primary N) is 1. The normalized spacial score (nSPS) is 10.9. The molecule has 0 radical (unpaired) electrons. The first-order valence-corrected chi connectivity index (χ1v) is 6.79. The van der Waals surface area contributed by atoms with Crippen LogP contribution in [0.5, 0.6) is 0 Å². The zero-order valence-corrected chi connectivity index (χ0v) is 10.9. The van der Waals surface area contributed by atoms with E-state index in [1.54, 1.807) is 23.1 Å². The number of imidazole rings is 1. The molecule has 0 aliphatic carbocycles. The molecule has 86 valence electrons. The van der Waals surface area contributed by atoms with E-state index >= 15 is 0 Å². The molecule has 0 unspecified atom stereocenters. The van der Waals surface area contributed by atoms with Crippen molar-refractivity contribution in [3.05, 3.63) is 23.9 Å². The summed E-state index contributed by atoms with van der Waals surface area (Å²) in [5, 5.41) is 0.650. The van der Waals surface area contributed by atoms with Gasteiger partial charge in [0.2, 0.25) is 0 Å². The monoisotopic (exact) mass is 254 g/mol. The molecule has 0 spiro atoms. The van der Waals surface area contributed by atoms with Gasteiger partial charge < -0.3 is 10.3 Å². The number of anilines is 1. The molecule has 2 aromatic rings. The molecule has 4 nitrogen and oxygen atoms in total. The molecule has 2 N–H and O–H groups in total. The molecule has 0 aromatic carbocycles. The summed E-state index contributed by atoms with van der Waals surface area (Å²) >= 11 is 3.36. The Morgan fingerprint density at radius 2 is 2.38 bits per heavy atom. The first-order chi connectivity index (χ1) is 7.66. The predicted octanol–water partition coefficient (Wildman–Crippen LogP) is 2.10. The summed E-state index contributed by atoms with van der Waals surface area (Å²) in [4.78, 5) is 8.49. The van der Waals surface area contributed by atoms with Crippen molar-refractivity contribution in [3.63, 3.8) is 0 Å². The van der Waals surface area contributed by atoms with Gasteiger partial charge >= 0.3 is 0 Å². The molecule has 0 atom stereocenters. The highest BCUT2D eigenvalue weighted by atomic mass is 32.2. The first kappa shape index (κ1) is 11.5. The average Bonchev–Trinajstić information content (AvgIpc) is 2.75. The third-order valence-electron chi connectivity index (χ3n) is 2.25. The molecule has 0 fully saturated rings. The highest BCUT2D eigenvalue weighted by Crippen LogP contribution is 2.30. The Kier molecular flexibility index (Phi) is 3.50. The van der Waals surface area contributed by atoms with Crippen molar-refractivity contribution < 1.29 is 0 Å². The van der Waals surface area contributed by atoms with Crippen LogP contribution in [0.25, 0.3) is 0 Å². The largest absolute Gasteiger partial charge is 0.375 e. The molecule has 0 bridgehead atoms. The van der Waals surface area contributed by atoms with Crippen molar-refractivity contribution >= 4 is 28.2 Å². The number of thioether (sulfide) groups is 1. The zero-order chi connectivity index (χ0) is 11.5. The fourth-order valence-electron chi connectivity index (χ4n) is 1.41. The van der Waals surface area contributed by atoms with Gasteiger partial charge in [0.15, 0.2) is 5.13 Å². The van der Waals surface area contributed by atoms with Gasteiger partial charge in [0.25, 0.3) is 0 Å². The van der Waals surface area contributed by atoms with E-state index in [0.717, 1.165) is 23.7 Å². The molecule has 0 saturated heterocycles. The van der Waals surface area contributed by atoms with E-state index in [1.807, 2.05) is 26.4 Å². The molecule has 2 heterocycles. The highest BCUT2D eigenvalue weighted by Gasteiger charge is 2.06. The van der Waals surface area contributed by atoms with E-state index < -0.39 is 0 Å². The van der Waals surface area contributed by atoms with Crippen LogP contribution in [0.3, 0.4) is 0 Å². The first-order valence-electron chi connectivity index (χ1n) is 4.98. The van der Waals surface area contributed by atoms with Crippen LogP contribution in [0.4, 0.5) is 5.13 Å². The maximum absolute atomic E-state index is 5.65. The molecule has 0 amide bonds. The lowest BCUT2D eigenvalue weighted by molar-refractivity contribution is 0.811. The lowest BCUT2D eigenvalue weighted by atomic mass is 10.4. The van der Waals surface area contributed by atoms with Gasteiger partial charge in [-0.25, -0.2) is 9.97 Å². The number of rotatable bonds is 4. The van der Waals surface area contributed by atoms with Crippen LogP contribution in [0, 0.1) is 6.92 Å². The van der Waals surface area contributed by atoms with Gasteiger partial charge in [-0.2, -0.15) is 0 Å². The summed E-state index contributed by atoms with van der Waals surface area (Å²) in [5.41, 5.74) is 6.68. The van der Waals surface area contributed by atoms with E-state index in [9.17, 15) is 0 Å². The minimum absolute atomic E-state index is 0.650. The Hall–Kier alpha value is -1.01. The second kappa shape index (κ2) is 4.88. The number of thiazole rings is 1. The van der Waals surface area contributed by atoms with Crippen molar-refractivity contribution in [1.82, 2.24) is 14.5 Å². The molecule has 0 aliphatic heterocycles.